The molecule has 0 spiro atoms. The minimum atomic E-state index is -0.905. The number of aliphatic imine (C=N–C) groups is 1. The van der Waals surface area contributed by atoms with Gasteiger partial charge in [-0.1, -0.05) is 0 Å². The third-order valence-corrected chi connectivity index (χ3v) is 7.03. The van der Waals surface area contributed by atoms with Crippen LogP contribution in [-0.2, 0) is 4.79 Å². The number of nitrogens with zero attached hydrogens (tertiary/aromatic N) is 1. The number of aryl methyl sites for hydroxylation is 3. The van der Waals surface area contributed by atoms with E-state index in [1.54, 1.807) is 0 Å². The number of benzene rings is 2. The van der Waals surface area contributed by atoms with Gasteiger partial charge in [-0.05, 0) is 0 Å². The van der Waals surface area contributed by atoms with Gasteiger partial charge in [0.25, 0.3) is 0 Å². The van der Waals surface area contributed by atoms with Crippen LogP contribution in [0.1, 0.15) is 37.0 Å². The molecule has 0 aromatic heterocycles. The number of para-hydroxylation sites is 1. The van der Waals surface area contributed by atoms with E-state index in [9.17, 15) is 4.79 Å². The number of carbonyl (C=O) groups excluding carboxylic acids is 1. The van der Waals surface area contributed by atoms with E-state index in [1.807, 2.05) is 45.9 Å². The Morgan fingerprint density at radius 3 is 2.19 bits per heavy atom. The second-order valence-corrected chi connectivity index (χ2v) is 10.2. The van der Waals surface area contributed by atoms with Gasteiger partial charge in [0.2, 0.25) is 0 Å². The van der Waals surface area contributed by atoms with Gasteiger partial charge < -0.3 is 0 Å². The number of rotatable bonds is 6. The predicted molar refractivity (Wildman–Crippen MR) is 112 cm³/mol. The van der Waals surface area contributed by atoms with Crippen molar-refractivity contribution in [2.75, 3.05) is 0 Å². The molecule has 0 fully saturated rings. The molecule has 0 unspecified atom stereocenters. The zero-order chi connectivity index (χ0) is 19.3. The van der Waals surface area contributed by atoms with Crippen LogP contribution in [0.4, 0.5) is 5.69 Å². The van der Waals surface area contributed by atoms with Gasteiger partial charge in [0, 0.05) is 0 Å². The van der Waals surface area contributed by atoms with Crippen molar-refractivity contribution in [1.82, 2.24) is 0 Å². The van der Waals surface area contributed by atoms with Crippen LogP contribution in [-0.4, -0.2) is 30.5 Å². The second-order valence-electron chi connectivity index (χ2n) is 7.17. The maximum absolute atomic E-state index is 13.3. The molecule has 26 heavy (non-hydrogen) atoms. The predicted octanol–water partition coefficient (Wildman–Crippen LogP) is 4.29. The van der Waals surface area contributed by atoms with E-state index in [0.717, 1.165) is 16.8 Å². The van der Waals surface area contributed by atoms with E-state index in [1.165, 1.54) is 9.17 Å². The Balaban J connectivity index is 2.51. The van der Waals surface area contributed by atoms with Crippen molar-refractivity contribution in [2.24, 2.45) is 10.4 Å². The van der Waals surface area contributed by atoms with Crippen LogP contribution >= 0.6 is 0 Å². The van der Waals surface area contributed by atoms with Gasteiger partial charge in [-0.25, -0.2) is 0 Å². The van der Waals surface area contributed by atoms with Crippen molar-refractivity contribution in [2.45, 2.75) is 41.0 Å². The Kier molecular flexibility index (Phi) is 6.82. The van der Waals surface area contributed by atoms with Gasteiger partial charge in [-0.15, -0.1) is 0 Å². The summed E-state index contributed by atoms with van der Waals surface area (Å²) in [7, 11) is 0. The van der Waals surface area contributed by atoms with Crippen LogP contribution in [0.2, 0.25) is 0 Å². The van der Waals surface area contributed by atoms with Crippen LogP contribution in [0.25, 0.3) is 0 Å². The Morgan fingerprint density at radius 1 is 1.08 bits per heavy atom. The van der Waals surface area contributed by atoms with Crippen molar-refractivity contribution >= 4 is 39.8 Å². The van der Waals surface area contributed by atoms with Gasteiger partial charge >= 0.3 is 168 Å². The first kappa shape index (κ1) is 20.4. The molecule has 0 saturated carbocycles. The number of hydrogen-bond acceptors (Lipinski definition) is 2. The van der Waals surface area contributed by atoms with Crippen molar-refractivity contribution in [3.63, 3.8) is 0 Å². The molecule has 0 aliphatic carbocycles. The normalized spacial score (nSPS) is 11.9. The molecule has 0 bridgehead atoms. The molecule has 0 atom stereocenters. The first-order chi connectivity index (χ1) is 12.2. The van der Waals surface area contributed by atoms with Crippen molar-refractivity contribution in [3.8, 4) is 12.3 Å². The quantitative estimate of drug-likeness (QED) is 0.360. The molecule has 134 valence electrons. The summed E-state index contributed by atoms with van der Waals surface area (Å²) in [6, 6.07) is 14.5. The maximum atomic E-state index is 13.3. The van der Waals surface area contributed by atoms with E-state index >= 15 is 0 Å². The van der Waals surface area contributed by atoms with Crippen LogP contribution < -0.4 is 3.61 Å². The molecule has 0 aliphatic heterocycles. The SMILES string of the molecule is C#CCC(C)(C)C(=O)C(=Nc1c(C)cccc1C)[Te]c1ccc(C)cc1. The molecule has 2 aromatic rings. The average molecular weight is 459 g/mol. The minimum absolute atomic E-state index is 0.0704. The zero-order valence-electron chi connectivity index (χ0n) is 16.1. The molecule has 2 rings (SSSR count). The molecular formula is C23H25NOTe. The fourth-order valence-electron chi connectivity index (χ4n) is 2.55. The molecule has 3 heteroatoms. The number of ketones is 1. The van der Waals surface area contributed by atoms with Crippen molar-refractivity contribution in [3.05, 3.63) is 59.2 Å². The number of Topliss-reactive ketones (excluding diaryl/α,β-unsaturated/α-hetero) is 1. The van der Waals surface area contributed by atoms with E-state index in [2.05, 4.69) is 37.1 Å². The Bertz CT molecular complexity index is 850. The Labute approximate surface area is 167 Å². The average Bonchev–Trinajstić information content (AvgIpc) is 2.58. The summed E-state index contributed by atoms with van der Waals surface area (Å²) in [5.74, 6) is 2.71. The van der Waals surface area contributed by atoms with Crippen molar-refractivity contribution in [1.29, 1.82) is 0 Å². The second kappa shape index (κ2) is 8.68. The van der Waals surface area contributed by atoms with E-state index < -0.39 is 26.3 Å². The molecule has 0 N–H and O–H groups in total. The molecule has 0 heterocycles. The number of carbonyl (C=O) groups is 1. The Morgan fingerprint density at radius 2 is 1.65 bits per heavy atom. The standard InChI is InChI=1S/C23H25NOTe/c1-7-15-23(5,6)21(25)22(26-19-13-11-16(2)12-14-19)24-20-17(3)9-8-10-18(20)4/h1,8-14H,15H2,2-6H3. The molecular weight excluding hydrogens is 434 g/mol. The van der Waals surface area contributed by atoms with Gasteiger partial charge in [-0.2, -0.15) is 0 Å². The van der Waals surface area contributed by atoms with E-state index in [0.29, 0.717) is 10.2 Å². The number of terminal acetylenes is 1. The summed E-state index contributed by atoms with van der Waals surface area (Å²) in [5.41, 5.74) is 3.69. The third-order valence-electron chi connectivity index (χ3n) is 4.24. The monoisotopic (exact) mass is 461 g/mol. The Hall–Kier alpha value is -1.87. The van der Waals surface area contributed by atoms with Crippen LogP contribution in [0.15, 0.2) is 47.5 Å². The first-order valence-corrected chi connectivity index (χ1v) is 11.0. The first-order valence-electron chi connectivity index (χ1n) is 8.62. The van der Waals surface area contributed by atoms with E-state index in [4.69, 9.17) is 11.4 Å². The summed E-state index contributed by atoms with van der Waals surface area (Å²) in [5, 5.41) is 0. The summed E-state index contributed by atoms with van der Waals surface area (Å²) >= 11 is -0.905. The summed E-state index contributed by atoms with van der Waals surface area (Å²) in [4.78, 5) is 18.1. The van der Waals surface area contributed by atoms with Crippen LogP contribution in [0.5, 0.6) is 0 Å². The van der Waals surface area contributed by atoms with Crippen molar-refractivity contribution < 1.29 is 4.79 Å². The van der Waals surface area contributed by atoms with Crippen LogP contribution in [0, 0.1) is 38.5 Å². The summed E-state index contributed by atoms with van der Waals surface area (Å²) in [6.45, 7) is 9.96. The fraction of sp³-hybridized carbons (Fsp3) is 0.304. The van der Waals surface area contributed by atoms with Gasteiger partial charge in [-0.3, -0.25) is 0 Å². The topological polar surface area (TPSA) is 29.4 Å². The van der Waals surface area contributed by atoms with Gasteiger partial charge in [0.05, 0.1) is 0 Å². The molecule has 0 radical (unpaired) electrons. The number of hydrogen-bond donors (Lipinski definition) is 0. The van der Waals surface area contributed by atoms with Gasteiger partial charge in [0.15, 0.2) is 0 Å². The molecule has 0 aliphatic rings. The fourth-order valence-corrected chi connectivity index (χ4v) is 5.40. The van der Waals surface area contributed by atoms with Crippen LogP contribution in [0.3, 0.4) is 0 Å². The molecule has 0 amide bonds. The van der Waals surface area contributed by atoms with E-state index in [-0.39, 0.29) is 5.78 Å². The molecule has 2 nitrogen and oxygen atoms in total. The van der Waals surface area contributed by atoms with Gasteiger partial charge in [0.1, 0.15) is 0 Å². The molecule has 0 saturated heterocycles. The zero-order valence-corrected chi connectivity index (χ0v) is 18.4. The summed E-state index contributed by atoms with van der Waals surface area (Å²) < 4.78 is 1.90. The summed E-state index contributed by atoms with van der Waals surface area (Å²) in [6.07, 6.45) is 5.91. The third kappa shape index (κ3) is 5.07. The molecule has 2 aromatic carbocycles.